The van der Waals surface area contributed by atoms with Crippen LogP contribution in [-0.2, 0) is 10.4 Å². The Morgan fingerprint density at radius 3 is 2.36 bits per heavy atom. The molecule has 2 aliphatic rings. The fourth-order valence-electron chi connectivity index (χ4n) is 4.95. The monoisotopic (exact) mass is 597 g/mol. The van der Waals surface area contributed by atoms with Crippen molar-refractivity contribution in [3.63, 3.8) is 0 Å². The zero-order valence-corrected chi connectivity index (χ0v) is 23.7. The van der Waals surface area contributed by atoms with Gasteiger partial charge in [-0.1, -0.05) is 23.7 Å². The third-order valence-electron chi connectivity index (χ3n) is 7.37. The number of aliphatic hydroxyl groups is 1. The molecule has 2 heterocycles. The van der Waals surface area contributed by atoms with E-state index in [1.165, 1.54) is 25.2 Å². The van der Waals surface area contributed by atoms with E-state index in [1.807, 2.05) is 0 Å². The second kappa shape index (κ2) is 11.5. The van der Waals surface area contributed by atoms with Crippen LogP contribution in [0.4, 0.5) is 10.2 Å². The molecule has 0 atom stereocenters. The first kappa shape index (κ1) is 29.2. The number of carboxylic acid groups (broad SMARTS) is 1. The lowest BCUT2D eigenvalue weighted by atomic mass is 9.86. The quantitative estimate of drug-likeness (QED) is 0.277. The number of anilines is 1. The van der Waals surface area contributed by atoms with E-state index >= 15 is 0 Å². The van der Waals surface area contributed by atoms with Crippen LogP contribution in [0.25, 0.3) is 5.70 Å². The molecule has 0 amide bonds. The summed E-state index contributed by atoms with van der Waals surface area (Å²) >= 11 is 6.53. The standard InChI is InChI=1S/C30H29ClFN3O7/c1-40-23-4-3-5-24(41-2)25(23)26(33)19(27(36)16-6-7-16)13-42-18-8-9-20(21(31)11-18)30(39)14-35(15-30)28-22(32)10-17(12-34-28)29(37)38/h3-5,8-12,16,39H,6-7,13-15,33H2,1-2H3,(H,37,38). The predicted octanol–water partition coefficient (Wildman–Crippen LogP) is 4.03. The third kappa shape index (κ3) is 5.57. The minimum atomic E-state index is -1.40. The third-order valence-corrected chi connectivity index (χ3v) is 7.68. The number of aromatic nitrogens is 1. The number of nitrogens with zero attached hydrogens (tertiary/aromatic N) is 2. The molecule has 1 saturated heterocycles. The second-order valence-corrected chi connectivity index (χ2v) is 10.6. The first-order valence-corrected chi connectivity index (χ1v) is 13.5. The Balaban J connectivity index is 1.34. The van der Waals surface area contributed by atoms with Gasteiger partial charge in [-0.05, 0) is 43.2 Å². The summed E-state index contributed by atoms with van der Waals surface area (Å²) in [6.45, 7) is -0.153. The number of rotatable bonds is 11. The average Bonchev–Trinajstić information content (AvgIpc) is 3.81. The molecule has 4 N–H and O–H groups in total. The number of aromatic carboxylic acids is 1. The molecule has 0 unspecified atom stereocenters. The average molecular weight is 598 g/mol. The van der Waals surface area contributed by atoms with Crippen molar-refractivity contribution in [1.82, 2.24) is 4.98 Å². The number of benzene rings is 2. The van der Waals surface area contributed by atoms with Crippen LogP contribution in [0.1, 0.15) is 34.3 Å². The molecule has 0 radical (unpaired) electrons. The fraction of sp³-hybridized carbons (Fsp3) is 0.300. The number of halogens is 2. The number of Topliss-reactive ketones (excluding diaryl/α,β-unsaturated/α-hetero) is 1. The lowest BCUT2D eigenvalue weighted by molar-refractivity contribution is -0.116. The molecule has 5 rings (SSSR count). The number of carboxylic acids is 1. The topological polar surface area (TPSA) is 144 Å². The lowest BCUT2D eigenvalue weighted by Gasteiger charge is -2.47. The normalized spacial score (nSPS) is 16.3. The predicted molar refractivity (Wildman–Crippen MR) is 153 cm³/mol. The van der Waals surface area contributed by atoms with Crippen molar-refractivity contribution in [2.45, 2.75) is 18.4 Å². The van der Waals surface area contributed by atoms with Crippen molar-refractivity contribution in [1.29, 1.82) is 0 Å². The van der Waals surface area contributed by atoms with Crippen LogP contribution >= 0.6 is 11.6 Å². The second-order valence-electron chi connectivity index (χ2n) is 10.2. The minimum Gasteiger partial charge on any atom is -0.496 e. The Morgan fingerprint density at radius 1 is 1.14 bits per heavy atom. The van der Waals surface area contributed by atoms with Crippen molar-refractivity contribution in [2.75, 3.05) is 38.8 Å². The molecule has 42 heavy (non-hydrogen) atoms. The van der Waals surface area contributed by atoms with Crippen LogP contribution in [0.15, 0.2) is 54.2 Å². The number of pyridine rings is 1. The Hall–Kier alpha value is -4.35. The van der Waals surface area contributed by atoms with Gasteiger partial charge in [-0.2, -0.15) is 0 Å². The van der Waals surface area contributed by atoms with E-state index in [0.717, 1.165) is 25.1 Å². The van der Waals surface area contributed by atoms with E-state index in [2.05, 4.69) is 4.98 Å². The van der Waals surface area contributed by atoms with Crippen molar-refractivity contribution < 1.29 is 38.4 Å². The number of ether oxygens (including phenoxy) is 3. The maximum atomic E-state index is 14.4. The van der Waals surface area contributed by atoms with Crippen LogP contribution in [0.3, 0.4) is 0 Å². The molecule has 10 nitrogen and oxygen atoms in total. The zero-order chi connectivity index (χ0) is 30.2. The summed E-state index contributed by atoms with van der Waals surface area (Å²) in [5, 5.41) is 20.4. The molecule has 3 aromatic rings. The van der Waals surface area contributed by atoms with Gasteiger partial charge in [0.2, 0.25) is 0 Å². The molecule has 220 valence electrons. The van der Waals surface area contributed by atoms with Gasteiger partial charge in [0.05, 0.1) is 54.7 Å². The zero-order valence-electron chi connectivity index (χ0n) is 22.9. The van der Waals surface area contributed by atoms with Gasteiger partial charge in [-0.15, -0.1) is 0 Å². The van der Waals surface area contributed by atoms with Crippen LogP contribution in [-0.4, -0.2) is 60.9 Å². The highest BCUT2D eigenvalue weighted by Gasteiger charge is 2.45. The smallest absolute Gasteiger partial charge is 0.337 e. The van der Waals surface area contributed by atoms with Gasteiger partial charge in [-0.3, -0.25) is 4.79 Å². The van der Waals surface area contributed by atoms with E-state index in [9.17, 15) is 19.1 Å². The minimum absolute atomic E-state index is 0.0106. The summed E-state index contributed by atoms with van der Waals surface area (Å²) in [7, 11) is 3.01. The van der Waals surface area contributed by atoms with E-state index in [4.69, 9.17) is 36.7 Å². The molecule has 12 heteroatoms. The highest BCUT2D eigenvalue weighted by molar-refractivity contribution is 6.31. The number of hydrogen-bond acceptors (Lipinski definition) is 9. The van der Waals surface area contributed by atoms with Crippen molar-refractivity contribution in [3.05, 3.63) is 81.8 Å². The fourth-order valence-corrected chi connectivity index (χ4v) is 5.29. The van der Waals surface area contributed by atoms with Crippen LogP contribution in [0.5, 0.6) is 17.2 Å². The van der Waals surface area contributed by atoms with Gasteiger partial charge in [0, 0.05) is 17.7 Å². The SMILES string of the molecule is COc1cccc(OC)c1C(N)=C(COc1ccc(C2(O)CN(c3ncc(C(=O)O)cc3F)C2)c(Cl)c1)C(=O)C1CC1. The van der Waals surface area contributed by atoms with Gasteiger partial charge in [0.25, 0.3) is 0 Å². The van der Waals surface area contributed by atoms with Gasteiger partial charge in [-0.25, -0.2) is 14.2 Å². The number of methoxy groups -OCH3 is 2. The number of carbonyl (C=O) groups excluding carboxylic acids is 1. The Bertz CT molecular complexity index is 1560. The molecule has 0 spiro atoms. The Kier molecular flexibility index (Phi) is 7.98. The largest absolute Gasteiger partial charge is 0.496 e. The van der Waals surface area contributed by atoms with E-state index in [0.29, 0.717) is 28.4 Å². The molecular formula is C30H29ClFN3O7. The van der Waals surface area contributed by atoms with Gasteiger partial charge in [0.15, 0.2) is 17.4 Å². The molecule has 2 aromatic carbocycles. The number of hydrogen-bond donors (Lipinski definition) is 3. The first-order valence-electron chi connectivity index (χ1n) is 13.1. The summed E-state index contributed by atoms with van der Waals surface area (Å²) in [5.41, 5.74) is 6.23. The summed E-state index contributed by atoms with van der Waals surface area (Å²) in [4.78, 5) is 29.7. The molecule has 1 aliphatic heterocycles. The molecule has 0 bridgehead atoms. The molecular weight excluding hydrogens is 569 g/mol. The maximum Gasteiger partial charge on any atom is 0.337 e. The number of ketones is 1. The van der Waals surface area contributed by atoms with E-state index < -0.39 is 17.4 Å². The van der Waals surface area contributed by atoms with E-state index in [-0.39, 0.29) is 59.1 Å². The summed E-state index contributed by atoms with van der Waals surface area (Å²) < 4.78 is 31.4. The van der Waals surface area contributed by atoms with Crippen molar-refractivity contribution in [3.8, 4) is 17.2 Å². The van der Waals surface area contributed by atoms with E-state index in [1.54, 1.807) is 30.3 Å². The summed E-state index contributed by atoms with van der Waals surface area (Å²) in [5.74, 6) is -1.13. The maximum absolute atomic E-state index is 14.4. The van der Waals surface area contributed by atoms with Crippen molar-refractivity contribution >= 4 is 34.9 Å². The molecule has 1 saturated carbocycles. The molecule has 1 aromatic heterocycles. The highest BCUT2D eigenvalue weighted by Crippen LogP contribution is 2.41. The summed E-state index contributed by atoms with van der Waals surface area (Å²) in [6.07, 6.45) is 2.61. The summed E-state index contributed by atoms with van der Waals surface area (Å²) in [6, 6.07) is 10.8. The molecule has 1 aliphatic carbocycles. The van der Waals surface area contributed by atoms with Crippen molar-refractivity contribution in [2.24, 2.45) is 11.7 Å². The van der Waals surface area contributed by atoms with Crippen LogP contribution in [0.2, 0.25) is 5.02 Å². The number of β-amino-alcohol motifs (C(OH)–C–C–N with tert-alkyl or cyclic N) is 1. The van der Waals surface area contributed by atoms with Gasteiger partial charge >= 0.3 is 5.97 Å². The Morgan fingerprint density at radius 2 is 1.81 bits per heavy atom. The Labute approximate surface area is 246 Å². The van der Waals surface area contributed by atoms with Gasteiger partial charge in [0.1, 0.15) is 29.5 Å². The number of carbonyl (C=O) groups is 2. The molecule has 2 fully saturated rings. The highest BCUT2D eigenvalue weighted by atomic mass is 35.5. The first-order chi connectivity index (χ1) is 20.1. The van der Waals surface area contributed by atoms with Crippen LogP contribution < -0.4 is 24.8 Å². The lowest BCUT2D eigenvalue weighted by Crippen LogP contribution is -2.60. The number of nitrogens with two attached hydrogens (primary N) is 1. The van der Waals surface area contributed by atoms with Crippen LogP contribution in [0, 0.1) is 11.7 Å². The van der Waals surface area contributed by atoms with Gasteiger partial charge < -0.3 is 35.1 Å².